The molecule has 0 saturated heterocycles. The zero-order chi connectivity index (χ0) is 17.6. The number of carbonyl (C=O) groups excluding carboxylic acids is 2. The third kappa shape index (κ3) is 4.04. The van der Waals surface area contributed by atoms with Gasteiger partial charge in [-0.2, -0.15) is 0 Å². The normalized spacial score (nSPS) is 10.4. The van der Waals surface area contributed by atoms with Crippen LogP contribution in [0, 0.1) is 0 Å². The standard InChI is InChI=1S/C21H20N2O2/c1-2-22-21(25)16-10-12-18(13-11-16)23-20(24)14-17-8-5-7-15-6-3-4-9-19(15)17/h3-13H,2,14H2,1H3,(H,22,25)(H,23,24). The number of fused-ring (bicyclic) bond motifs is 1. The summed E-state index contributed by atoms with van der Waals surface area (Å²) in [4.78, 5) is 24.1. The van der Waals surface area contributed by atoms with Gasteiger partial charge in [0.15, 0.2) is 0 Å². The average Bonchev–Trinajstić information content (AvgIpc) is 2.63. The van der Waals surface area contributed by atoms with E-state index in [0.29, 0.717) is 24.2 Å². The van der Waals surface area contributed by atoms with Gasteiger partial charge in [0, 0.05) is 17.8 Å². The summed E-state index contributed by atoms with van der Waals surface area (Å²) in [5.74, 6) is -0.196. The summed E-state index contributed by atoms with van der Waals surface area (Å²) in [6.45, 7) is 2.46. The van der Waals surface area contributed by atoms with E-state index in [9.17, 15) is 9.59 Å². The lowest BCUT2D eigenvalue weighted by Gasteiger charge is -2.09. The predicted molar refractivity (Wildman–Crippen MR) is 101 cm³/mol. The first-order chi connectivity index (χ1) is 12.2. The Morgan fingerprint density at radius 1 is 0.880 bits per heavy atom. The Labute approximate surface area is 146 Å². The number of carbonyl (C=O) groups is 2. The van der Waals surface area contributed by atoms with E-state index in [1.165, 1.54) is 0 Å². The van der Waals surface area contributed by atoms with Gasteiger partial charge in [-0.05, 0) is 47.5 Å². The summed E-state index contributed by atoms with van der Waals surface area (Å²) in [5, 5.41) is 7.84. The largest absolute Gasteiger partial charge is 0.352 e. The first-order valence-electron chi connectivity index (χ1n) is 8.32. The maximum Gasteiger partial charge on any atom is 0.251 e. The van der Waals surface area contributed by atoms with Crippen LogP contribution in [-0.4, -0.2) is 18.4 Å². The number of rotatable bonds is 5. The van der Waals surface area contributed by atoms with Gasteiger partial charge in [0.05, 0.1) is 6.42 Å². The van der Waals surface area contributed by atoms with Crippen molar-refractivity contribution >= 4 is 28.3 Å². The van der Waals surface area contributed by atoms with Gasteiger partial charge in [0.1, 0.15) is 0 Å². The van der Waals surface area contributed by atoms with Crippen LogP contribution in [0.25, 0.3) is 10.8 Å². The van der Waals surface area contributed by atoms with Gasteiger partial charge in [0.2, 0.25) is 5.91 Å². The molecular formula is C21H20N2O2. The summed E-state index contributed by atoms with van der Waals surface area (Å²) in [6, 6.07) is 20.9. The molecule has 3 rings (SSSR count). The fourth-order valence-electron chi connectivity index (χ4n) is 2.79. The van der Waals surface area contributed by atoms with Crippen molar-refractivity contribution in [1.29, 1.82) is 0 Å². The maximum atomic E-state index is 12.4. The number of benzene rings is 3. The van der Waals surface area contributed by atoms with Crippen molar-refractivity contribution < 1.29 is 9.59 Å². The van der Waals surface area contributed by atoms with E-state index in [4.69, 9.17) is 0 Å². The van der Waals surface area contributed by atoms with Gasteiger partial charge in [-0.15, -0.1) is 0 Å². The Hall–Kier alpha value is -3.14. The summed E-state index contributed by atoms with van der Waals surface area (Å²) in [6.07, 6.45) is 0.305. The van der Waals surface area contributed by atoms with Crippen LogP contribution in [0.2, 0.25) is 0 Å². The van der Waals surface area contributed by atoms with Gasteiger partial charge in [-0.1, -0.05) is 42.5 Å². The number of hydrogen-bond acceptors (Lipinski definition) is 2. The molecule has 0 spiro atoms. The minimum atomic E-state index is -0.115. The molecule has 4 nitrogen and oxygen atoms in total. The Morgan fingerprint density at radius 3 is 2.36 bits per heavy atom. The highest BCUT2D eigenvalue weighted by Gasteiger charge is 2.08. The average molecular weight is 332 g/mol. The molecule has 0 unspecified atom stereocenters. The number of amides is 2. The summed E-state index contributed by atoms with van der Waals surface area (Å²) < 4.78 is 0. The first-order valence-corrected chi connectivity index (χ1v) is 8.32. The first kappa shape index (κ1) is 16.7. The molecule has 0 atom stereocenters. The molecule has 2 amide bonds. The second-order valence-corrected chi connectivity index (χ2v) is 5.80. The van der Waals surface area contributed by atoms with E-state index >= 15 is 0 Å². The second kappa shape index (κ2) is 7.62. The van der Waals surface area contributed by atoms with Crippen LogP contribution in [0.3, 0.4) is 0 Å². The van der Waals surface area contributed by atoms with Crippen molar-refractivity contribution in [2.75, 3.05) is 11.9 Å². The van der Waals surface area contributed by atoms with Crippen molar-refractivity contribution in [3.63, 3.8) is 0 Å². The summed E-state index contributed by atoms with van der Waals surface area (Å²) >= 11 is 0. The lowest BCUT2D eigenvalue weighted by molar-refractivity contribution is -0.115. The molecule has 0 radical (unpaired) electrons. The molecule has 0 aromatic heterocycles. The Balaban J connectivity index is 1.69. The van der Waals surface area contributed by atoms with Gasteiger partial charge in [0.25, 0.3) is 5.91 Å². The Morgan fingerprint density at radius 2 is 1.60 bits per heavy atom. The van der Waals surface area contributed by atoms with Crippen LogP contribution < -0.4 is 10.6 Å². The molecule has 0 aliphatic carbocycles. The molecule has 3 aromatic rings. The molecule has 0 fully saturated rings. The van der Waals surface area contributed by atoms with Crippen LogP contribution in [0.1, 0.15) is 22.8 Å². The SMILES string of the molecule is CCNC(=O)c1ccc(NC(=O)Cc2cccc3ccccc23)cc1. The van der Waals surface area contributed by atoms with Crippen molar-refractivity contribution in [1.82, 2.24) is 5.32 Å². The predicted octanol–water partition coefficient (Wildman–Crippen LogP) is 3.77. The summed E-state index contributed by atoms with van der Waals surface area (Å²) in [5.41, 5.74) is 2.25. The lowest BCUT2D eigenvalue weighted by atomic mass is 10.0. The highest BCUT2D eigenvalue weighted by molar-refractivity contribution is 5.97. The Kier molecular flexibility index (Phi) is 5.09. The van der Waals surface area contributed by atoms with Crippen molar-refractivity contribution in [2.24, 2.45) is 0 Å². The Bertz CT molecular complexity index is 896. The van der Waals surface area contributed by atoms with Crippen molar-refractivity contribution in [2.45, 2.75) is 13.3 Å². The fourth-order valence-corrected chi connectivity index (χ4v) is 2.79. The maximum absolute atomic E-state index is 12.4. The van der Waals surface area contributed by atoms with E-state index in [0.717, 1.165) is 16.3 Å². The fraction of sp³-hybridized carbons (Fsp3) is 0.143. The smallest absolute Gasteiger partial charge is 0.251 e. The third-order valence-corrected chi connectivity index (χ3v) is 4.00. The molecular weight excluding hydrogens is 312 g/mol. The molecule has 0 aliphatic heterocycles. The van der Waals surface area contributed by atoms with E-state index in [-0.39, 0.29) is 11.8 Å². The van der Waals surface area contributed by atoms with E-state index in [1.807, 2.05) is 49.4 Å². The highest BCUT2D eigenvalue weighted by atomic mass is 16.2. The molecule has 126 valence electrons. The molecule has 0 heterocycles. The monoisotopic (exact) mass is 332 g/mol. The molecule has 0 bridgehead atoms. The van der Waals surface area contributed by atoms with E-state index in [2.05, 4.69) is 10.6 Å². The number of anilines is 1. The van der Waals surface area contributed by atoms with Crippen LogP contribution >= 0.6 is 0 Å². The second-order valence-electron chi connectivity index (χ2n) is 5.80. The zero-order valence-corrected chi connectivity index (χ0v) is 14.1. The van der Waals surface area contributed by atoms with Crippen molar-refractivity contribution in [3.05, 3.63) is 77.9 Å². The molecule has 25 heavy (non-hydrogen) atoms. The molecule has 4 heteroatoms. The van der Waals surface area contributed by atoms with E-state index in [1.54, 1.807) is 24.3 Å². The minimum Gasteiger partial charge on any atom is -0.352 e. The van der Waals surface area contributed by atoms with Gasteiger partial charge < -0.3 is 10.6 Å². The zero-order valence-electron chi connectivity index (χ0n) is 14.1. The topological polar surface area (TPSA) is 58.2 Å². The third-order valence-electron chi connectivity index (χ3n) is 4.00. The van der Waals surface area contributed by atoms with Crippen LogP contribution in [0.4, 0.5) is 5.69 Å². The van der Waals surface area contributed by atoms with Gasteiger partial charge in [-0.25, -0.2) is 0 Å². The lowest BCUT2D eigenvalue weighted by Crippen LogP contribution is -2.22. The number of hydrogen-bond donors (Lipinski definition) is 2. The van der Waals surface area contributed by atoms with Gasteiger partial charge >= 0.3 is 0 Å². The summed E-state index contributed by atoms with van der Waals surface area (Å²) in [7, 11) is 0. The molecule has 0 saturated carbocycles. The minimum absolute atomic E-state index is 0.0814. The van der Waals surface area contributed by atoms with Crippen LogP contribution in [-0.2, 0) is 11.2 Å². The molecule has 0 aliphatic rings. The number of nitrogens with one attached hydrogen (secondary N) is 2. The van der Waals surface area contributed by atoms with Crippen molar-refractivity contribution in [3.8, 4) is 0 Å². The van der Waals surface area contributed by atoms with Crippen LogP contribution in [0.15, 0.2) is 66.7 Å². The molecule has 3 aromatic carbocycles. The van der Waals surface area contributed by atoms with E-state index < -0.39 is 0 Å². The van der Waals surface area contributed by atoms with Crippen LogP contribution in [0.5, 0.6) is 0 Å². The molecule has 2 N–H and O–H groups in total. The van der Waals surface area contributed by atoms with Gasteiger partial charge in [-0.3, -0.25) is 9.59 Å². The highest BCUT2D eigenvalue weighted by Crippen LogP contribution is 2.19. The quantitative estimate of drug-likeness (QED) is 0.747.